The first-order chi connectivity index (χ1) is 11.3. The normalized spacial score (nSPS) is 10.3. The molecule has 0 saturated carbocycles. The van der Waals surface area contributed by atoms with Gasteiger partial charge in [0.05, 0.1) is 0 Å². The minimum absolute atomic E-state index is 0.731. The van der Waals surface area contributed by atoms with E-state index in [4.69, 9.17) is 4.98 Å². The van der Waals surface area contributed by atoms with Gasteiger partial charge in [-0.05, 0) is 25.5 Å². The van der Waals surface area contributed by atoms with Gasteiger partial charge in [0.2, 0.25) is 0 Å². The van der Waals surface area contributed by atoms with Crippen LogP contribution in [0.25, 0.3) is 11.4 Å². The summed E-state index contributed by atoms with van der Waals surface area (Å²) in [5.74, 6) is 1.57. The molecule has 0 saturated heterocycles. The third kappa shape index (κ3) is 3.46. The molecule has 0 aliphatic carbocycles. The Morgan fingerprint density at radius 2 is 1.61 bits per heavy atom. The standard InChI is InChI=1S/C20H19N3/c1-3-10-18-15(2)21-19(16-11-6-4-7-12-16)23-20(18)22-17-13-8-5-9-14-17/h3-9,11-14H,1,10H2,2H3,(H,21,22,23). The van der Waals surface area contributed by atoms with Gasteiger partial charge in [0, 0.05) is 22.5 Å². The Hall–Kier alpha value is -2.94. The number of hydrogen-bond donors (Lipinski definition) is 1. The number of aromatic nitrogens is 2. The highest BCUT2D eigenvalue weighted by molar-refractivity contribution is 5.65. The topological polar surface area (TPSA) is 37.8 Å². The predicted molar refractivity (Wildman–Crippen MR) is 95.8 cm³/mol. The average molecular weight is 301 g/mol. The first-order valence-corrected chi connectivity index (χ1v) is 7.64. The van der Waals surface area contributed by atoms with Crippen molar-refractivity contribution in [2.24, 2.45) is 0 Å². The van der Waals surface area contributed by atoms with Crippen LogP contribution in [-0.2, 0) is 6.42 Å². The molecule has 3 nitrogen and oxygen atoms in total. The van der Waals surface area contributed by atoms with E-state index in [1.54, 1.807) is 0 Å². The minimum Gasteiger partial charge on any atom is -0.340 e. The molecule has 3 aromatic rings. The maximum Gasteiger partial charge on any atom is 0.161 e. The van der Waals surface area contributed by atoms with Crippen LogP contribution in [-0.4, -0.2) is 9.97 Å². The zero-order valence-corrected chi connectivity index (χ0v) is 13.2. The van der Waals surface area contributed by atoms with Crippen LogP contribution in [0.15, 0.2) is 73.3 Å². The van der Waals surface area contributed by atoms with Crippen LogP contribution in [0.3, 0.4) is 0 Å². The van der Waals surface area contributed by atoms with Crippen LogP contribution < -0.4 is 5.32 Å². The van der Waals surface area contributed by atoms with Crippen LogP contribution in [0.2, 0.25) is 0 Å². The van der Waals surface area contributed by atoms with Gasteiger partial charge >= 0.3 is 0 Å². The van der Waals surface area contributed by atoms with E-state index in [0.29, 0.717) is 0 Å². The van der Waals surface area contributed by atoms with Crippen molar-refractivity contribution in [1.82, 2.24) is 9.97 Å². The van der Waals surface area contributed by atoms with Gasteiger partial charge in [0.15, 0.2) is 5.82 Å². The summed E-state index contributed by atoms with van der Waals surface area (Å²) >= 11 is 0. The van der Waals surface area contributed by atoms with Crippen LogP contribution in [0, 0.1) is 6.92 Å². The molecule has 1 N–H and O–H groups in total. The molecule has 3 heteroatoms. The van der Waals surface area contributed by atoms with Gasteiger partial charge in [-0.3, -0.25) is 0 Å². The van der Waals surface area contributed by atoms with Gasteiger partial charge in [-0.1, -0.05) is 54.6 Å². The maximum absolute atomic E-state index is 4.75. The number of allylic oxidation sites excluding steroid dienone is 1. The number of aryl methyl sites for hydroxylation is 1. The Kier molecular flexibility index (Phi) is 4.48. The molecule has 0 atom stereocenters. The molecule has 1 aromatic heterocycles. The van der Waals surface area contributed by atoms with Crippen molar-refractivity contribution in [2.45, 2.75) is 13.3 Å². The number of hydrogen-bond acceptors (Lipinski definition) is 3. The van der Waals surface area contributed by atoms with E-state index in [2.05, 4.69) is 16.9 Å². The van der Waals surface area contributed by atoms with Crippen molar-refractivity contribution in [1.29, 1.82) is 0 Å². The fourth-order valence-corrected chi connectivity index (χ4v) is 2.46. The number of nitrogens with zero attached hydrogens (tertiary/aromatic N) is 2. The van der Waals surface area contributed by atoms with E-state index in [1.807, 2.05) is 73.7 Å². The van der Waals surface area contributed by atoms with E-state index < -0.39 is 0 Å². The fourth-order valence-electron chi connectivity index (χ4n) is 2.46. The van der Waals surface area contributed by atoms with E-state index in [0.717, 1.165) is 40.6 Å². The molecule has 2 aromatic carbocycles. The number of benzene rings is 2. The molecule has 114 valence electrons. The second-order valence-electron chi connectivity index (χ2n) is 5.31. The van der Waals surface area contributed by atoms with Crippen LogP contribution >= 0.6 is 0 Å². The number of rotatable bonds is 5. The van der Waals surface area contributed by atoms with E-state index in [-0.39, 0.29) is 0 Å². The Morgan fingerprint density at radius 1 is 0.957 bits per heavy atom. The monoisotopic (exact) mass is 301 g/mol. The highest BCUT2D eigenvalue weighted by atomic mass is 15.0. The van der Waals surface area contributed by atoms with Crippen LogP contribution in [0.1, 0.15) is 11.3 Å². The van der Waals surface area contributed by atoms with Crippen molar-refractivity contribution in [2.75, 3.05) is 5.32 Å². The second-order valence-corrected chi connectivity index (χ2v) is 5.31. The number of nitrogens with one attached hydrogen (secondary N) is 1. The van der Waals surface area contributed by atoms with Crippen molar-refractivity contribution < 1.29 is 0 Å². The quantitative estimate of drug-likeness (QED) is 0.679. The van der Waals surface area contributed by atoms with Crippen molar-refractivity contribution in [3.05, 3.63) is 84.6 Å². The third-order valence-electron chi connectivity index (χ3n) is 3.63. The van der Waals surface area contributed by atoms with E-state index in [1.165, 1.54) is 0 Å². The lowest BCUT2D eigenvalue weighted by Gasteiger charge is -2.14. The molecular weight excluding hydrogens is 282 g/mol. The molecule has 0 fully saturated rings. The minimum atomic E-state index is 0.731. The lowest BCUT2D eigenvalue weighted by molar-refractivity contribution is 1.04. The summed E-state index contributed by atoms with van der Waals surface area (Å²) in [6.07, 6.45) is 2.61. The summed E-state index contributed by atoms with van der Waals surface area (Å²) in [7, 11) is 0. The molecule has 0 aliphatic heterocycles. The summed E-state index contributed by atoms with van der Waals surface area (Å²) in [5, 5.41) is 3.41. The zero-order valence-electron chi connectivity index (χ0n) is 13.2. The number of anilines is 2. The Balaban J connectivity index is 2.07. The lowest BCUT2D eigenvalue weighted by atomic mass is 10.1. The molecule has 0 spiro atoms. The largest absolute Gasteiger partial charge is 0.340 e. The van der Waals surface area contributed by atoms with E-state index in [9.17, 15) is 0 Å². The van der Waals surface area contributed by atoms with Crippen LogP contribution in [0.5, 0.6) is 0 Å². The maximum atomic E-state index is 4.75. The summed E-state index contributed by atoms with van der Waals surface area (Å²) in [4.78, 5) is 9.41. The van der Waals surface area contributed by atoms with Crippen molar-refractivity contribution in [3.63, 3.8) is 0 Å². The average Bonchev–Trinajstić information content (AvgIpc) is 2.59. The molecule has 0 amide bonds. The molecule has 0 unspecified atom stereocenters. The molecule has 23 heavy (non-hydrogen) atoms. The lowest BCUT2D eigenvalue weighted by Crippen LogP contribution is -2.05. The first-order valence-electron chi connectivity index (χ1n) is 7.64. The van der Waals surface area contributed by atoms with Crippen molar-refractivity contribution in [3.8, 4) is 11.4 Å². The fraction of sp³-hybridized carbons (Fsp3) is 0.100. The third-order valence-corrected chi connectivity index (χ3v) is 3.63. The predicted octanol–water partition coefficient (Wildman–Crippen LogP) is 4.92. The van der Waals surface area contributed by atoms with Gasteiger partial charge < -0.3 is 5.32 Å². The van der Waals surface area contributed by atoms with Gasteiger partial charge in [-0.15, -0.1) is 6.58 Å². The van der Waals surface area contributed by atoms with Gasteiger partial charge in [0.25, 0.3) is 0 Å². The molecular formula is C20H19N3. The van der Waals surface area contributed by atoms with Gasteiger partial charge in [-0.2, -0.15) is 0 Å². The first kappa shape index (κ1) is 15.0. The summed E-state index contributed by atoms with van der Waals surface area (Å²) in [6, 6.07) is 20.1. The highest BCUT2D eigenvalue weighted by Crippen LogP contribution is 2.25. The second kappa shape index (κ2) is 6.88. The Bertz CT molecular complexity index is 796. The number of para-hydroxylation sites is 1. The molecule has 0 radical (unpaired) electrons. The summed E-state index contributed by atoms with van der Waals surface area (Å²) in [5.41, 5.74) is 4.06. The van der Waals surface area contributed by atoms with Gasteiger partial charge in [0.1, 0.15) is 5.82 Å². The van der Waals surface area contributed by atoms with Gasteiger partial charge in [-0.25, -0.2) is 9.97 Å². The summed E-state index contributed by atoms with van der Waals surface area (Å²) < 4.78 is 0. The highest BCUT2D eigenvalue weighted by Gasteiger charge is 2.12. The van der Waals surface area contributed by atoms with Crippen molar-refractivity contribution >= 4 is 11.5 Å². The molecule has 0 bridgehead atoms. The van der Waals surface area contributed by atoms with Crippen LogP contribution in [0.4, 0.5) is 11.5 Å². The molecule has 3 rings (SSSR count). The SMILES string of the molecule is C=CCc1c(C)nc(-c2ccccc2)nc1Nc1ccccc1. The Labute approximate surface area is 136 Å². The Morgan fingerprint density at radius 3 is 2.26 bits per heavy atom. The zero-order chi connectivity index (χ0) is 16.1. The smallest absolute Gasteiger partial charge is 0.161 e. The molecule has 0 aliphatic rings. The summed E-state index contributed by atoms with van der Waals surface area (Å²) in [6.45, 7) is 5.86. The van der Waals surface area contributed by atoms with E-state index >= 15 is 0 Å². The molecule has 1 heterocycles.